The standard InChI is InChI=1S/C14H15FN2O2S/c1-8-7-11(10(3)20-8)9(2)16-14-12(15)5-4-6-13(14)17(18)19/h4-7,9,16H,1-3H3. The molecule has 4 nitrogen and oxygen atoms in total. The van der Waals surface area contributed by atoms with E-state index in [-0.39, 0.29) is 17.4 Å². The van der Waals surface area contributed by atoms with Crippen LogP contribution in [0.25, 0.3) is 0 Å². The maximum absolute atomic E-state index is 13.8. The van der Waals surface area contributed by atoms with E-state index < -0.39 is 10.7 Å². The maximum Gasteiger partial charge on any atom is 0.295 e. The van der Waals surface area contributed by atoms with Gasteiger partial charge in [-0.1, -0.05) is 6.07 Å². The maximum atomic E-state index is 13.8. The molecule has 1 aromatic heterocycles. The van der Waals surface area contributed by atoms with Gasteiger partial charge >= 0.3 is 0 Å². The Bertz CT molecular complexity index is 655. The van der Waals surface area contributed by atoms with Crippen LogP contribution in [0.5, 0.6) is 0 Å². The van der Waals surface area contributed by atoms with Crippen molar-refractivity contribution in [2.24, 2.45) is 0 Å². The fourth-order valence-electron chi connectivity index (χ4n) is 2.18. The summed E-state index contributed by atoms with van der Waals surface area (Å²) in [6.45, 7) is 5.85. The van der Waals surface area contributed by atoms with E-state index in [4.69, 9.17) is 0 Å². The molecule has 6 heteroatoms. The first-order valence-corrected chi connectivity index (χ1v) is 6.98. The van der Waals surface area contributed by atoms with Gasteiger partial charge in [0, 0.05) is 21.9 Å². The van der Waals surface area contributed by atoms with Crippen molar-refractivity contribution in [2.45, 2.75) is 26.8 Å². The molecule has 0 amide bonds. The number of para-hydroxylation sites is 1. The van der Waals surface area contributed by atoms with Crippen molar-refractivity contribution in [3.05, 3.63) is 55.5 Å². The monoisotopic (exact) mass is 294 g/mol. The number of hydrogen-bond donors (Lipinski definition) is 1. The van der Waals surface area contributed by atoms with Gasteiger partial charge in [0.1, 0.15) is 5.69 Å². The molecule has 0 aliphatic carbocycles. The second kappa shape index (κ2) is 5.58. The average molecular weight is 294 g/mol. The first kappa shape index (κ1) is 14.5. The normalized spacial score (nSPS) is 12.2. The fourth-order valence-corrected chi connectivity index (χ4v) is 3.20. The number of nitro benzene ring substituents is 1. The number of nitrogens with one attached hydrogen (secondary N) is 1. The van der Waals surface area contributed by atoms with Crippen molar-refractivity contribution >= 4 is 22.7 Å². The highest BCUT2D eigenvalue weighted by molar-refractivity contribution is 7.12. The predicted molar refractivity (Wildman–Crippen MR) is 78.9 cm³/mol. The van der Waals surface area contributed by atoms with Crippen LogP contribution in [-0.4, -0.2) is 4.92 Å². The van der Waals surface area contributed by atoms with E-state index in [9.17, 15) is 14.5 Å². The molecule has 0 aliphatic rings. The lowest BCUT2D eigenvalue weighted by Crippen LogP contribution is -2.10. The van der Waals surface area contributed by atoms with Gasteiger partial charge in [-0.15, -0.1) is 11.3 Å². The smallest absolute Gasteiger partial charge is 0.295 e. The molecule has 0 saturated heterocycles. The van der Waals surface area contributed by atoms with Gasteiger partial charge in [0.05, 0.1) is 4.92 Å². The summed E-state index contributed by atoms with van der Waals surface area (Å²) in [5.41, 5.74) is 0.722. The van der Waals surface area contributed by atoms with Gasteiger partial charge in [-0.05, 0) is 38.5 Å². The zero-order valence-electron chi connectivity index (χ0n) is 11.4. The lowest BCUT2D eigenvalue weighted by Gasteiger charge is -2.16. The minimum atomic E-state index is -0.615. The van der Waals surface area contributed by atoms with Crippen molar-refractivity contribution in [1.29, 1.82) is 0 Å². The van der Waals surface area contributed by atoms with Crippen LogP contribution >= 0.6 is 11.3 Å². The van der Waals surface area contributed by atoms with Gasteiger partial charge in [0.15, 0.2) is 5.82 Å². The first-order chi connectivity index (χ1) is 9.40. The van der Waals surface area contributed by atoms with Crippen LogP contribution in [0.1, 0.15) is 28.3 Å². The van der Waals surface area contributed by atoms with E-state index in [0.717, 1.165) is 15.3 Å². The summed E-state index contributed by atoms with van der Waals surface area (Å²) in [6.07, 6.45) is 0. The van der Waals surface area contributed by atoms with Gasteiger partial charge in [0.2, 0.25) is 0 Å². The van der Waals surface area contributed by atoms with Crippen LogP contribution in [0.4, 0.5) is 15.8 Å². The molecule has 20 heavy (non-hydrogen) atoms. The lowest BCUT2D eigenvalue weighted by atomic mass is 10.1. The highest BCUT2D eigenvalue weighted by Crippen LogP contribution is 2.33. The zero-order chi connectivity index (χ0) is 14.9. The number of halogens is 1. The van der Waals surface area contributed by atoms with Gasteiger partial charge in [-0.25, -0.2) is 4.39 Å². The molecule has 0 bridgehead atoms. The second-order valence-corrected chi connectivity index (χ2v) is 6.09. The Morgan fingerprint density at radius 2 is 2.10 bits per heavy atom. The van der Waals surface area contributed by atoms with E-state index >= 15 is 0 Å². The van der Waals surface area contributed by atoms with E-state index in [1.165, 1.54) is 18.2 Å². The molecule has 1 heterocycles. The van der Waals surface area contributed by atoms with Gasteiger partial charge in [0.25, 0.3) is 5.69 Å². The van der Waals surface area contributed by atoms with Crippen molar-refractivity contribution in [1.82, 2.24) is 0 Å². The Labute approximate surface area is 120 Å². The minimum Gasteiger partial charge on any atom is -0.371 e. The second-order valence-electron chi connectivity index (χ2n) is 4.63. The Morgan fingerprint density at radius 3 is 2.65 bits per heavy atom. The van der Waals surface area contributed by atoms with E-state index in [1.807, 2.05) is 26.8 Å². The van der Waals surface area contributed by atoms with Crippen molar-refractivity contribution < 1.29 is 9.31 Å². The molecule has 0 saturated carbocycles. The Kier molecular flexibility index (Phi) is 4.04. The molecule has 1 atom stereocenters. The van der Waals surface area contributed by atoms with E-state index in [0.29, 0.717) is 0 Å². The topological polar surface area (TPSA) is 55.2 Å². The van der Waals surface area contributed by atoms with Gasteiger partial charge in [-0.3, -0.25) is 10.1 Å². The van der Waals surface area contributed by atoms with Crippen molar-refractivity contribution in [3.8, 4) is 0 Å². The molecule has 0 radical (unpaired) electrons. The largest absolute Gasteiger partial charge is 0.371 e. The molecule has 0 spiro atoms. The lowest BCUT2D eigenvalue weighted by molar-refractivity contribution is -0.384. The molecule has 0 fully saturated rings. The molecule has 1 unspecified atom stereocenters. The zero-order valence-corrected chi connectivity index (χ0v) is 12.3. The third-order valence-corrected chi connectivity index (χ3v) is 4.08. The van der Waals surface area contributed by atoms with Gasteiger partial charge < -0.3 is 5.32 Å². The summed E-state index contributed by atoms with van der Waals surface area (Å²) in [6, 6.07) is 5.67. The number of aryl methyl sites for hydroxylation is 2. The molecule has 1 N–H and O–H groups in total. The summed E-state index contributed by atoms with van der Waals surface area (Å²) in [5, 5.41) is 13.9. The third kappa shape index (κ3) is 2.80. The first-order valence-electron chi connectivity index (χ1n) is 6.16. The third-order valence-electron chi connectivity index (χ3n) is 3.10. The Hall–Kier alpha value is -1.95. The number of rotatable bonds is 4. The summed E-state index contributed by atoms with van der Waals surface area (Å²) in [4.78, 5) is 12.7. The number of thiophene rings is 1. The quantitative estimate of drug-likeness (QED) is 0.663. The van der Waals surface area contributed by atoms with Crippen molar-refractivity contribution in [3.63, 3.8) is 0 Å². The highest BCUT2D eigenvalue weighted by Gasteiger charge is 2.21. The number of nitrogens with zero attached hydrogens (tertiary/aromatic N) is 1. The number of benzene rings is 1. The van der Waals surface area contributed by atoms with Crippen LogP contribution < -0.4 is 5.32 Å². The van der Waals surface area contributed by atoms with E-state index in [2.05, 4.69) is 5.32 Å². The Morgan fingerprint density at radius 1 is 1.40 bits per heavy atom. The van der Waals surface area contributed by atoms with Crippen LogP contribution in [0.2, 0.25) is 0 Å². The highest BCUT2D eigenvalue weighted by atomic mass is 32.1. The predicted octanol–water partition coefficient (Wildman–Crippen LogP) is 4.59. The average Bonchev–Trinajstić information content (AvgIpc) is 2.70. The SMILES string of the molecule is Cc1cc(C(C)Nc2c(F)cccc2[N+](=O)[O-])c(C)s1. The fraction of sp³-hybridized carbons (Fsp3) is 0.286. The van der Waals surface area contributed by atoms with Crippen LogP contribution in [-0.2, 0) is 0 Å². The molecular formula is C14H15FN2O2S. The van der Waals surface area contributed by atoms with Crippen LogP contribution in [0.15, 0.2) is 24.3 Å². The summed E-state index contributed by atoms with van der Waals surface area (Å²) in [7, 11) is 0. The summed E-state index contributed by atoms with van der Waals surface area (Å²) in [5.74, 6) is -0.615. The van der Waals surface area contributed by atoms with Crippen molar-refractivity contribution in [2.75, 3.05) is 5.32 Å². The van der Waals surface area contributed by atoms with E-state index in [1.54, 1.807) is 11.3 Å². The molecule has 2 rings (SSSR count). The molecular weight excluding hydrogens is 279 g/mol. The summed E-state index contributed by atoms with van der Waals surface area (Å²) < 4.78 is 13.8. The molecule has 0 aliphatic heterocycles. The van der Waals surface area contributed by atoms with Crippen LogP contribution in [0, 0.1) is 29.8 Å². The Balaban J connectivity index is 2.35. The molecule has 106 valence electrons. The number of anilines is 1. The molecule has 2 aromatic rings. The van der Waals surface area contributed by atoms with Crippen LogP contribution in [0.3, 0.4) is 0 Å². The minimum absolute atomic E-state index is 0.0618. The number of nitro groups is 1. The molecule has 1 aromatic carbocycles. The summed E-state index contributed by atoms with van der Waals surface area (Å²) >= 11 is 1.66. The van der Waals surface area contributed by atoms with Gasteiger partial charge in [-0.2, -0.15) is 0 Å². The number of hydrogen-bond acceptors (Lipinski definition) is 4.